The van der Waals surface area contributed by atoms with Gasteiger partial charge in [0, 0.05) is 20.8 Å². The Morgan fingerprint density at radius 1 is 1.00 bits per heavy atom. The second kappa shape index (κ2) is 14.3. The van der Waals surface area contributed by atoms with E-state index >= 15 is 0 Å². The highest BCUT2D eigenvalue weighted by Crippen LogP contribution is 2.02. The Kier molecular flexibility index (Phi) is 12.0. The van der Waals surface area contributed by atoms with E-state index in [4.69, 9.17) is 24.1 Å². The van der Waals surface area contributed by atoms with Crippen molar-refractivity contribution in [1.29, 1.82) is 0 Å². The number of methoxy groups -OCH3 is 2. The summed E-state index contributed by atoms with van der Waals surface area (Å²) in [6.45, 7) is -0.814. The van der Waals surface area contributed by atoms with Crippen LogP contribution in [-0.2, 0) is 35.1 Å². The molecule has 0 bridgehead atoms. The van der Waals surface area contributed by atoms with E-state index < -0.39 is 43.0 Å². The molecule has 2 atom stereocenters. The molecule has 0 aliphatic heterocycles. The molecule has 1 aromatic rings. The monoisotopic (exact) mass is 428 g/mol. The maximum atomic E-state index is 12.4. The van der Waals surface area contributed by atoms with E-state index in [0.29, 0.717) is 0 Å². The average Bonchev–Trinajstić information content (AvgIpc) is 2.74. The van der Waals surface area contributed by atoms with Gasteiger partial charge in [-0.1, -0.05) is 30.3 Å². The molecule has 4 N–H and O–H groups in total. The van der Waals surface area contributed by atoms with Gasteiger partial charge in [0.15, 0.2) is 12.3 Å². The summed E-state index contributed by atoms with van der Waals surface area (Å²) in [5.41, 5.74) is 0.754. The van der Waals surface area contributed by atoms with E-state index in [1.54, 1.807) is 24.3 Å². The quantitative estimate of drug-likeness (QED) is 0.297. The van der Waals surface area contributed by atoms with Crippen molar-refractivity contribution in [1.82, 2.24) is 10.6 Å². The second-order valence-electron chi connectivity index (χ2n) is 6.11. The number of aliphatic hydroxyl groups excluding tert-OH is 1. The molecule has 0 radical (unpaired) electrons. The molecule has 0 unspecified atom stereocenters. The number of carbonyl (C=O) groups excluding carboxylic acids is 2. The zero-order valence-electron chi connectivity index (χ0n) is 16.9. The molecule has 0 aliphatic carbocycles. The van der Waals surface area contributed by atoms with Gasteiger partial charge in [-0.15, -0.1) is 0 Å². The van der Waals surface area contributed by atoms with E-state index in [1.165, 1.54) is 14.2 Å². The maximum Gasteiger partial charge on any atom is 0.408 e. The van der Waals surface area contributed by atoms with Crippen LogP contribution in [0.3, 0.4) is 0 Å². The minimum absolute atomic E-state index is 0.00804. The third kappa shape index (κ3) is 9.65. The Bertz CT molecular complexity index is 653. The first kappa shape index (κ1) is 25.3. The van der Waals surface area contributed by atoms with E-state index in [0.717, 1.165) is 5.56 Å². The summed E-state index contributed by atoms with van der Waals surface area (Å²) in [6.07, 6.45) is -1.69. The van der Waals surface area contributed by atoms with Gasteiger partial charge in [0.1, 0.15) is 12.6 Å². The van der Waals surface area contributed by atoms with Gasteiger partial charge in [-0.2, -0.15) is 0 Å². The Hall–Kier alpha value is -2.73. The zero-order valence-corrected chi connectivity index (χ0v) is 16.9. The van der Waals surface area contributed by atoms with Crippen LogP contribution in [0.2, 0.25) is 0 Å². The van der Waals surface area contributed by atoms with Crippen LogP contribution in [0.15, 0.2) is 30.3 Å². The van der Waals surface area contributed by atoms with Crippen LogP contribution in [0.4, 0.5) is 4.79 Å². The van der Waals surface area contributed by atoms with Gasteiger partial charge < -0.3 is 39.8 Å². The van der Waals surface area contributed by atoms with Crippen molar-refractivity contribution in [2.45, 2.75) is 31.4 Å². The highest BCUT2D eigenvalue weighted by molar-refractivity contribution is 5.89. The smallest absolute Gasteiger partial charge is 0.408 e. The first-order valence-corrected chi connectivity index (χ1v) is 9.15. The van der Waals surface area contributed by atoms with E-state index in [1.807, 2.05) is 6.07 Å². The highest BCUT2D eigenvalue weighted by atomic mass is 16.7. The maximum absolute atomic E-state index is 12.4. The summed E-state index contributed by atoms with van der Waals surface area (Å²) in [5.74, 6) is -2.13. The Morgan fingerprint density at radius 2 is 1.67 bits per heavy atom. The number of aliphatic carboxylic acids is 1. The SMILES string of the molecule is COC(COC[C@H](NC(=O)[C@H](CCO)NC(=O)OCc1ccccc1)C(=O)O)OC. The first-order valence-electron chi connectivity index (χ1n) is 9.15. The van der Waals surface area contributed by atoms with E-state index in [-0.39, 0.29) is 26.2 Å². The summed E-state index contributed by atoms with van der Waals surface area (Å²) >= 11 is 0. The highest BCUT2D eigenvalue weighted by Gasteiger charge is 2.27. The van der Waals surface area contributed by atoms with Gasteiger partial charge in [0.25, 0.3) is 0 Å². The number of rotatable bonds is 14. The number of alkyl carbamates (subject to hydrolysis) is 1. The molecule has 0 aliphatic rings. The zero-order chi connectivity index (χ0) is 22.4. The van der Waals surface area contributed by atoms with Crippen LogP contribution in [0.5, 0.6) is 0 Å². The molecule has 0 fully saturated rings. The summed E-state index contributed by atoms with van der Waals surface area (Å²) in [4.78, 5) is 35.8. The van der Waals surface area contributed by atoms with Crippen molar-refractivity contribution in [3.8, 4) is 0 Å². The second-order valence-corrected chi connectivity index (χ2v) is 6.11. The third-order valence-corrected chi connectivity index (χ3v) is 3.92. The molecule has 1 rings (SSSR count). The molecule has 0 saturated carbocycles. The van der Waals surface area contributed by atoms with Crippen molar-refractivity contribution < 1.29 is 43.5 Å². The molecule has 1 aromatic carbocycles. The number of aliphatic hydroxyl groups is 1. The van der Waals surface area contributed by atoms with Crippen LogP contribution >= 0.6 is 0 Å². The molecule has 0 aromatic heterocycles. The number of benzene rings is 1. The molecule has 2 amide bonds. The van der Waals surface area contributed by atoms with Crippen molar-refractivity contribution >= 4 is 18.0 Å². The standard InChI is InChI=1S/C19H28N2O9/c1-27-16(28-2)12-29-11-15(18(24)25)20-17(23)14(8-9-22)21-19(26)30-10-13-6-4-3-5-7-13/h3-7,14-16,22H,8-12H2,1-2H3,(H,20,23)(H,21,26)(H,24,25)/t14-,15-/m0/s1. The van der Waals surface area contributed by atoms with Crippen molar-refractivity contribution in [2.75, 3.05) is 34.0 Å². The minimum Gasteiger partial charge on any atom is -0.480 e. The van der Waals surface area contributed by atoms with Gasteiger partial charge in [0.05, 0.1) is 13.2 Å². The van der Waals surface area contributed by atoms with Crippen LogP contribution in [0.1, 0.15) is 12.0 Å². The molecule has 11 heteroatoms. The van der Waals surface area contributed by atoms with Crippen LogP contribution < -0.4 is 10.6 Å². The Labute approximate surface area is 174 Å². The molecule has 30 heavy (non-hydrogen) atoms. The largest absolute Gasteiger partial charge is 0.480 e. The van der Waals surface area contributed by atoms with Gasteiger partial charge in [0.2, 0.25) is 5.91 Å². The number of carboxylic acid groups (broad SMARTS) is 1. The predicted molar refractivity (Wildman–Crippen MR) is 103 cm³/mol. The lowest BCUT2D eigenvalue weighted by atomic mass is 10.2. The first-order chi connectivity index (χ1) is 14.4. The number of carbonyl (C=O) groups is 3. The van der Waals surface area contributed by atoms with Crippen molar-refractivity contribution in [3.63, 3.8) is 0 Å². The lowest BCUT2D eigenvalue weighted by Crippen LogP contribution is -2.53. The number of nitrogens with one attached hydrogen (secondary N) is 2. The molecule has 168 valence electrons. The average molecular weight is 428 g/mol. The molecule has 0 saturated heterocycles. The summed E-state index contributed by atoms with van der Waals surface area (Å²) in [6, 6.07) is 6.35. The molecule has 0 heterocycles. The molecule has 0 spiro atoms. The summed E-state index contributed by atoms with van der Waals surface area (Å²) < 4.78 is 20.1. The molecular weight excluding hydrogens is 400 g/mol. The minimum atomic E-state index is -1.38. The number of hydrogen-bond donors (Lipinski definition) is 4. The molecule has 11 nitrogen and oxygen atoms in total. The predicted octanol–water partition coefficient (Wildman–Crippen LogP) is -0.131. The lowest BCUT2D eigenvalue weighted by molar-refractivity contribution is -0.153. The number of ether oxygens (including phenoxy) is 4. The summed E-state index contributed by atoms with van der Waals surface area (Å²) in [7, 11) is 2.80. The fourth-order valence-corrected chi connectivity index (χ4v) is 2.27. The van der Waals surface area contributed by atoms with E-state index in [2.05, 4.69) is 10.6 Å². The van der Waals surface area contributed by atoms with Crippen LogP contribution in [0, 0.1) is 0 Å². The topological polar surface area (TPSA) is 153 Å². The van der Waals surface area contributed by atoms with Crippen LogP contribution in [0.25, 0.3) is 0 Å². The fourth-order valence-electron chi connectivity index (χ4n) is 2.27. The third-order valence-electron chi connectivity index (χ3n) is 3.92. The van der Waals surface area contributed by atoms with Gasteiger partial charge in [-0.3, -0.25) is 4.79 Å². The Morgan fingerprint density at radius 3 is 2.23 bits per heavy atom. The van der Waals surface area contributed by atoms with E-state index in [9.17, 15) is 19.5 Å². The van der Waals surface area contributed by atoms with Crippen molar-refractivity contribution in [2.24, 2.45) is 0 Å². The number of carboxylic acids is 1. The fraction of sp³-hybridized carbons (Fsp3) is 0.526. The van der Waals surface area contributed by atoms with Gasteiger partial charge in [-0.05, 0) is 12.0 Å². The lowest BCUT2D eigenvalue weighted by Gasteiger charge is -2.21. The van der Waals surface area contributed by atoms with Gasteiger partial charge >= 0.3 is 12.1 Å². The van der Waals surface area contributed by atoms with Gasteiger partial charge in [-0.25, -0.2) is 9.59 Å². The van der Waals surface area contributed by atoms with Crippen LogP contribution in [-0.4, -0.2) is 80.6 Å². The Balaban J connectivity index is 2.57. The van der Waals surface area contributed by atoms with Crippen molar-refractivity contribution in [3.05, 3.63) is 35.9 Å². The normalized spacial score (nSPS) is 12.8. The molecular formula is C19H28N2O9. The number of amides is 2. The summed E-state index contributed by atoms with van der Waals surface area (Å²) in [5, 5.41) is 23.0. The number of hydrogen-bond acceptors (Lipinski definition) is 8.